The molecular formula is C18H20O. The van der Waals surface area contributed by atoms with Crippen LogP contribution in [-0.4, -0.2) is 5.78 Å². The van der Waals surface area contributed by atoms with Crippen molar-refractivity contribution in [2.75, 3.05) is 0 Å². The molecule has 0 amide bonds. The van der Waals surface area contributed by atoms with Crippen molar-refractivity contribution >= 4 is 16.6 Å². The van der Waals surface area contributed by atoms with Crippen LogP contribution in [0.4, 0.5) is 0 Å². The van der Waals surface area contributed by atoms with Crippen LogP contribution in [0.15, 0.2) is 30.3 Å². The average molecular weight is 252 g/mol. The molecule has 0 unspecified atom stereocenters. The number of aryl methyl sites for hydroxylation is 1. The van der Waals surface area contributed by atoms with E-state index in [1.165, 1.54) is 21.9 Å². The molecule has 0 aromatic heterocycles. The molecule has 1 heteroatoms. The van der Waals surface area contributed by atoms with E-state index in [2.05, 4.69) is 51.1 Å². The molecule has 0 radical (unpaired) electrons. The highest BCUT2D eigenvalue weighted by Crippen LogP contribution is 2.30. The molecule has 0 heterocycles. The summed E-state index contributed by atoms with van der Waals surface area (Å²) in [4.78, 5) is 12.0. The number of hydrogen-bond acceptors (Lipinski definition) is 1. The third-order valence-electron chi connectivity index (χ3n) is 4.08. The molecular weight excluding hydrogens is 232 g/mol. The number of hydrogen-bond donors (Lipinski definition) is 0. The van der Waals surface area contributed by atoms with Gasteiger partial charge in [0.15, 0.2) is 5.78 Å². The second-order valence-electron chi connectivity index (χ2n) is 6.60. The van der Waals surface area contributed by atoms with Crippen molar-refractivity contribution in [2.24, 2.45) is 0 Å². The summed E-state index contributed by atoms with van der Waals surface area (Å²) < 4.78 is 0. The maximum absolute atomic E-state index is 12.0. The summed E-state index contributed by atoms with van der Waals surface area (Å²) in [7, 11) is 0. The number of carbonyl (C=O) groups is 1. The monoisotopic (exact) mass is 252 g/mol. The maximum Gasteiger partial charge on any atom is 0.163 e. The zero-order chi connectivity index (χ0) is 13.6. The Balaban J connectivity index is 2.20. The Hall–Kier alpha value is -1.63. The first-order valence-electron chi connectivity index (χ1n) is 7.05. The summed E-state index contributed by atoms with van der Waals surface area (Å²) >= 11 is 0. The van der Waals surface area contributed by atoms with Crippen LogP contribution in [0.2, 0.25) is 0 Å². The predicted octanol–water partition coefficient (Wildman–Crippen LogP) is 4.66. The molecule has 1 nitrogen and oxygen atoms in total. The fourth-order valence-corrected chi connectivity index (χ4v) is 2.85. The van der Waals surface area contributed by atoms with Gasteiger partial charge in [0.2, 0.25) is 0 Å². The lowest BCUT2D eigenvalue weighted by Crippen LogP contribution is -2.12. The summed E-state index contributed by atoms with van der Waals surface area (Å²) in [5.41, 5.74) is 3.69. The third kappa shape index (κ3) is 2.18. The Labute approximate surface area is 114 Å². The molecule has 2 aromatic carbocycles. The highest BCUT2D eigenvalue weighted by Gasteiger charge is 2.19. The SMILES string of the molecule is CC(C)(C)c1ccc2cc3c(cc2c1)CCCC3=O. The quantitative estimate of drug-likeness (QED) is 0.666. The lowest BCUT2D eigenvalue weighted by atomic mass is 9.84. The molecule has 0 spiro atoms. The minimum Gasteiger partial charge on any atom is -0.294 e. The Bertz CT molecular complexity index is 659. The largest absolute Gasteiger partial charge is 0.294 e. The van der Waals surface area contributed by atoms with Gasteiger partial charge in [-0.15, -0.1) is 0 Å². The highest BCUT2D eigenvalue weighted by atomic mass is 16.1. The lowest BCUT2D eigenvalue weighted by Gasteiger charge is -2.21. The number of fused-ring (bicyclic) bond motifs is 2. The van der Waals surface area contributed by atoms with Gasteiger partial charge in [0.1, 0.15) is 0 Å². The molecule has 0 aliphatic heterocycles. The Morgan fingerprint density at radius 2 is 1.74 bits per heavy atom. The van der Waals surface area contributed by atoms with Crippen LogP contribution in [0.3, 0.4) is 0 Å². The van der Waals surface area contributed by atoms with Crippen molar-refractivity contribution in [3.63, 3.8) is 0 Å². The van der Waals surface area contributed by atoms with Crippen molar-refractivity contribution in [2.45, 2.75) is 45.4 Å². The number of Topliss-reactive ketones (excluding diaryl/α,β-unsaturated/α-hetero) is 1. The first-order valence-corrected chi connectivity index (χ1v) is 7.05. The van der Waals surface area contributed by atoms with Crippen LogP contribution in [0, 0.1) is 0 Å². The minimum atomic E-state index is 0.167. The average Bonchev–Trinajstić information content (AvgIpc) is 2.35. The van der Waals surface area contributed by atoms with E-state index in [1.54, 1.807) is 0 Å². The molecule has 0 N–H and O–H groups in total. The van der Waals surface area contributed by atoms with E-state index < -0.39 is 0 Å². The van der Waals surface area contributed by atoms with Crippen molar-refractivity contribution < 1.29 is 4.79 Å². The van der Waals surface area contributed by atoms with Crippen molar-refractivity contribution in [1.82, 2.24) is 0 Å². The molecule has 3 rings (SSSR count). The second kappa shape index (κ2) is 4.19. The Kier molecular flexibility index (Phi) is 2.74. The standard InChI is InChI=1S/C18H20O/c1-18(2,3)15-8-7-12-11-16-13(9-14(12)10-15)5-4-6-17(16)19/h7-11H,4-6H2,1-3H3. The molecule has 0 saturated carbocycles. The highest BCUT2D eigenvalue weighted by molar-refractivity contribution is 6.02. The van der Waals surface area contributed by atoms with Gasteiger partial charge in [0.25, 0.3) is 0 Å². The van der Waals surface area contributed by atoms with E-state index >= 15 is 0 Å². The van der Waals surface area contributed by atoms with Gasteiger partial charge >= 0.3 is 0 Å². The molecule has 0 bridgehead atoms. The maximum atomic E-state index is 12.0. The zero-order valence-corrected chi connectivity index (χ0v) is 11.9. The van der Waals surface area contributed by atoms with Gasteiger partial charge in [0, 0.05) is 12.0 Å². The predicted molar refractivity (Wildman–Crippen MR) is 79.9 cm³/mol. The van der Waals surface area contributed by atoms with Crippen molar-refractivity contribution in [3.05, 3.63) is 47.0 Å². The topological polar surface area (TPSA) is 17.1 Å². The van der Waals surface area contributed by atoms with Crippen molar-refractivity contribution in [3.8, 4) is 0 Å². The van der Waals surface area contributed by atoms with Gasteiger partial charge in [-0.3, -0.25) is 4.79 Å². The fourth-order valence-electron chi connectivity index (χ4n) is 2.85. The van der Waals surface area contributed by atoms with Crippen LogP contribution in [0.25, 0.3) is 10.8 Å². The zero-order valence-electron chi connectivity index (χ0n) is 11.9. The van der Waals surface area contributed by atoms with E-state index in [1.807, 2.05) is 0 Å². The summed E-state index contributed by atoms with van der Waals surface area (Å²) in [6, 6.07) is 10.9. The number of rotatable bonds is 0. The Morgan fingerprint density at radius 1 is 0.947 bits per heavy atom. The van der Waals surface area contributed by atoms with Crippen molar-refractivity contribution in [1.29, 1.82) is 0 Å². The smallest absolute Gasteiger partial charge is 0.163 e. The summed E-state index contributed by atoms with van der Waals surface area (Å²) in [6.45, 7) is 6.70. The second-order valence-corrected chi connectivity index (χ2v) is 6.60. The van der Waals surface area contributed by atoms with Gasteiger partial charge in [0.05, 0.1) is 0 Å². The number of carbonyl (C=O) groups excluding carboxylic acids is 1. The van der Waals surface area contributed by atoms with E-state index in [9.17, 15) is 4.79 Å². The molecule has 19 heavy (non-hydrogen) atoms. The lowest BCUT2D eigenvalue weighted by molar-refractivity contribution is 0.0972. The molecule has 1 aliphatic carbocycles. The van der Waals surface area contributed by atoms with Crippen LogP contribution < -0.4 is 0 Å². The van der Waals surface area contributed by atoms with Gasteiger partial charge in [-0.05, 0) is 46.2 Å². The molecule has 0 saturated heterocycles. The van der Waals surface area contributed by atoms with E-state index in [4.69, 9.17) is 0 Å². The molecule has 0 atom stereocenters. The molecule has 98 valence electrons. The summed E-state index contributed by atoms with van der Waals surface area (Å²) in [5.74, 6) is 0.308. The van der Waals surface area contributed by atoms with Gasteiger partial charge in [-0.1, -0.05) is 45.0 Å². The fraction of sp³-hybridized carbons (Fsp3) is 0.389. The van der Waals surface area contributed by atoms with Crippen LogP contribution in [-0.2, 0) is 11.8 Å². The van der Waals surface area contributed by atoms with Gasteiger partial charge in [-0.2, -0.15) is 0 Å². The first kappa shape index (κ1) is 12.4. The van der Waals surface area contributed by atoms with E-state index in [-0.39, 0.29) is 5.41 Å². The summed E-state index contributed by atoms with van der Waals surface area (Å²) in [6.07, 6.45) is 2.74. The van der Waals surface area contributed by atoms with Crippen LogP contribution >= 0.6 is 0 Å². The summed E-state index contributed by atoms with van der Waals surface area (Å²) in [5, 5.41) is 2.45. The van der Waals surface area contributed by atoms with Gasteiger partial charge < -0.3 is 0 Å². The number of ketones is 1. The first-order chi connectivity index (χ1) is 8.95. The normalized spacial score (nSPS) is 15.6. The van der Waals surface area contributed by atoms with Crippen LogP contribution in [0.5, 0.6) is 0 Å². The number of benzene rings is 2. The Morgan fingerprint density at radius 3 is 2.47 bits per heavy atom. The minimum absolute atomic E-state index is 0.167. The molecule has 2 aromatic rings. The molecule has 1 aliphatic rings. The van der Waals surface area contributed by atoms with Crippen LogP contribution in [0.1, 0.15) is 55.1 Å². The third-order valence-corrected chi connectivity index (χ3v) is 4.08. The van der Waals surface area contributed by atoms with Gasteiger partial charge in [-0.25, -0.2) is 0 Å². The molecule has 0 fully saturated rings. The van der Waals surface area contributed by atoms with E-state index in [0.717, 1.165) is 18.4 Å². The van der Waals surface area contributed by atoms with E-state index in [0.29, 0.717) is 12.2 Å².